The van der Waals surface area contributed by atoms with Crippen molar-refractivity contribution in [2.75, 3.05) is 14.2 Å². The van der Waals surface area contributed by atoms with Crippen molar-refractivity contribution in [2.24, 2.45) is 5.73 Å². The minimum absolute atomic E-state index is 0.346. The lowest BCUT2D eigenvalue weighted by Crippen LogP contribution is -2.14. The maximum absolute atomic E-state index is 6.40. The number of nitrogens with two attached hydrogens (primary N) is 1. The molecule has 2 N–H and O–H groups in total. The number of hydrogen-bond acceptors (Lipinski definition) is 3. The maximum atomic E-state index is 6.40. The molecule has 112 valence electrons. The summed E-state index contributed by atoms with van der Waals surface area (Å²) in [6.07, 6.45) is 0. The molecule has 6 heteroatoms. The third-order valence-corrected chi connectivity index (χ3v) is 4.93. The quantitative estimate of drug-likeness (QED) is 0.639. The lowest BCUT2D eigenvalue weighted by Gasteiger charge is -2.18. The Morgan fingerprint density at radius 1 is 1.10 bits per heavy atom. The Morgan fingerprint density at radius 3 is 2.33 bits per heavy atom. The average Bonchev–Trinajstić information content (AvgIpc) is 2.48. The van der Waals surface area contributed by atoms with Gasteiger partial charge in [-0.15, -0.1) is 0 Å². The fourth-order valence-corrected chi connectivity index (χ4v) is 3.35. The second-order valence-electron chi connectivity index (χ2n) is 4.37. The van der Waals surface area contributed by atoms with Crippen molar-refractivity contribution in [2.45, 2.75) is 6.04 Å². The molecular formula is C15H14BrClINO2. The molecule has 0 radical (unpaired) electrons. The highest BCUT2D eigenvalue weighted by atomic mass is 127. The van der Waals surface area contributed by atoms with Crippen molar-refractivity contribution in [3.63, 3.8) is 0 Å². The van der Waals surface area contributed by atoms with Gasteiger partial charge in [-0.25, -0.2) is 0 Å². The molecule has 0 bridgehead atoms. The highest BCUT2D eigenvalue weighted by Crippen LogP contribution is 2.38. The number of halogens is 3. The number of ether oxygens (including phenoxy) is 2. The van der Waals surface area contributed by atoms with Gasteiger partial charge in [0.05, 0.1) is 20.3 Å². The zero-order valence-electron chi connectivity index (χ0n) is 11.5. The van der Waals surface area contributed by atoms with E-state index in [0.717, 1.165) is 19.2 Å². The molecule has 0 aliphatic carbocycles. The van der Waals surface area contributed by atoms with E-state index in [1.807, 2.05) is 24.3 Å². The molecule has 0 heterocycles. The van der Waals surface area contributed by atoms with E-state index < -0.39 is 0 Å². The van der Waals surface area contributed by atoms with Crippen LogP contribution in [0.15, 0.2) is 34.8 Å². The van der Waals surface area contributed by atoms with Gasteiger partial charge >= 0.3 is 0 Å². The van der Waals surface area contributed by atoms with Crippen molar-refractivity contribution < 1.29 is 9.47 Å². The molecule has 0 aromatic heterocycles. The average molecular weight is 483 g/mol. The lowest BCUT2D eigenvalue weighted by atomic mass is 9.99. The molecule has 1 unspecified atom stereocenters. The van der Waals surface area contributed by atoms with Crippen molar-refractivity contribution in [3.8, 4) is 11.5 Å². The number of methoxy groups -OCH3 is 2. The van der Waals surface area contributed by atoms with Crippen molar-refractivity contribution >= 4 is 50.1 Å². The summed E-state index contributed by atoms with van der Waals surface area (Å²) >= 11 is 12.1. The van der Waals surface area contributed by atoms with Gasteiger partial charge in [0.25, 0.3) is 0 Å². The van der Waals surface area contributed by atoms with E-state index in [1.165, 1.54) is 0 Å². The molecule has 2 aromatic rings. The smallest absolute Gasteiger partial charge is 0.162 e. The summed E-state index contributed by atoms with van der Waals surface area (Å²) in [5.41, 5.74) is 8.19. The molecule has 1 atom stereocenters. The minimum atomic E-state index is -0.346. The van der Waals surface area contributed by atoms with Crippen LogP contribution in [0.3, 0.4) is 0 Å². The maximum Gasteiger partial charge on any atom is 0.162 e. The molecule has 3 nitrogen and oxygen atoms in total. The fraction of sp³-hybridized carbons (Fsp3) is 0.200. The summed E-state index contributed by atoms with van der Waals surface area (Å²) in [6, 6.07) is 9.19. The Labute approximate surface area is 151 Å². The molecule has 0 aliphatic heterocycles. The van der Waals surface area contributed by atoms with Crippen LogP contribution < -0.4 is 15.2 Å². The molecule has 2 aromatic carbocycles. The van der Waals surface area contributed by atoms with Gasteiger partial charge in [-0.05, 0) is 58.0 Å². The summed E-state index contributed by atoms with van der Waals surface area (Å²) in [5.74, 6) is 1.19. The highest BCUT2D eigenvalue weighted by molar-refractivity contribution is 14.1. The van der Waals surface area contributed by atoms with Gasteiger partial charge in [-0.2, -0.15) is 0 Å². The summed E-state index contributed by atoms with van der Waals surface area (Å²) in [4.78, 5) is 0. The van der Waals surface area contributed by atoms with Gasteiger partial charge in [-0.1, -0.05) is 27.5 Å². The van der Waals surface area contributed by atoms with Crippen LogP contribution in [0.25, 0.3) is 0 Å². The van der Waals surface area contributed by atoms with Crippen LogP contribution in [0.4, 0.5) is 0 Å². The topological polar surface area (TPSA) is 44.5 Å². The van der Waals surface area contributed by atoms with Gasteiger partial charge in [0.2, 0.25) is 0 Å². The first kappa shape index (κ1) is 16.9. The van der Waals surface area contributed by atoms with Crippen molar-refractivity contribution in [1.82, 2.24) is 0 Å². The SMILES string of the molecule is COc1cc(Cl)c(C(N)c2cc(Br)ccc2I)cc1OC. The Kier molecular flexibility index (Phi) is 5.76. The first-order valence-corrected chi connectivity index (χ1v) is 8.34. The van der Waals surface area contributed by atoms with E-state index >= 15 is 0 Å². The molecule has 0 spiro atoms. The van der Waals surface area contributed by atoms with Crippen molar-refractivity contribution in [1.29, 1.82) is 0 Å². The molecule has 0 amide bonds. The molecule has 0 saturated heterocycles. The fourth-order valence-electron chi connectivity index (χ4n) is 2.03. The van der Waals surface area contributed by atoms with E-state index in [1.54, 1.807) is 20.3 Å². The zero-order chi connectivity index (χ0) is 15.6. The van der Waals surface area contributed by atoms with E-state index in [0.29, 0.717) is 16.5 Å². The van der Waals surface area contributed by atoms with Gasteiger partial charge in [0.15, 0.2) is 11.5 Å². The number of rotatable bonds is 4. The van der Waals surface area contributed by atoms with Crippen LogP contribution in [0.1, 0.15) is 17.2 Å². The predicted molar refractivity (Wildman–Crippen MR) is 97.4 cm³/mol. The van der Waals surface area contributed by atoms with E-state index in [2.05, 4.69) is 38.5 Å². The van der Waals surface area contributed by atoms with Crippen LogP contribution in [0.5, 0.6) is 11.5 Å². The second kappa shape index (κ2) is 7.17. The van der Waals surface area contributed by atoms with E-state index in [4.69, 9.17) is 26.8 Å². The first-order valence-electron chi connectivity index (χ1n) is 6.10. The van der Waals surface area contributed by atoms with Crippen LogP contribution in [0, 0.1) is 3.57 Å². The number of hydrogen-bond donors (Lipinski definition) is 1. The van der Waals surface area contributed by atoms with Crippen LogP contribution in [-0.2, 0) is 0 Å². The monoisotopic (exact) mass is 481 g/mol. The Morgan fingerprint density at radius 2 is 1.71 bits per heavy atom. The van der Waals surface area contributed by atoms with Crippen molar-refractivity contribution in [3.05, 3.63) is 54.5 Å². The Bertz CT molecular complexity index is 666. The Hall–Kier alpha value is -0.500. The summed E-state index contributed by atoms with van der Waals surface area (Å²) in [5, 5.41) is 0.552. The van der Waals surface area contributed by atoms with Gasteiger partial charge in [0.1, 0.15) is 0 Å². The standard InChI is InChI=1S/C15H14BrClINO2/c1-20-13-6-9(11(17)7-14(13)21-2)15(19)10-5-8(16)3-4-12(10)18/h3-7,15H,19H2,1-2H3. The third kappa shape index (κ3) is 3.64. The van der Waals surface area contributed by atoms with Gasteiger partial charge in [0, 0.05) is 19.1 Å². The number of benzene rings is 2. The second-order valence-corrected chi connectivity index (χ2v) is 6.86. The first-order chi connectivity index (χ1) is 9.97. The minimum Gasteiger partial charge on any atom is -0.493 e. The van der Waals surface area contributed by atoms with Crippen LogP contribution >= 0.6 is 50.1 Å². The lowest BCUT2D eigenvalue weighted by molar-refractivity contribution is 0.354. The van der Waals surface area contributed by atoms with E-state index in [9.17, 15) is 0 Å². The molecule has 0 fully saturated rings. The van der Waals surface area contributed by atoms with Gasteiger partial charge < -0.3 is 15.2 Å². The zero-order valence-corrected chi connectivity index (χ0v) is 16.0. The van der Waals surface area contributed by atoms with Crippen LogP contribution in [-0.4, -0.2) is 14.2 Å². The summed E-state index contributed by atoms with van der Waals surface area (Å²) < 4.78 is 12.6. The van der Waals surface area contributed by atoms with Gasteiger partial charge in [-0.3, -0.25) is 0 Å². The molecule has 2 rings (SSSR count). The van der Waals surface area contributed by atoms with E-state index in [-0.39, 0.29) is 6.04 Å². The molecule has 21 heavy (non-hydrogen) atoms. The van der Waals surface area contributed by atoms with Crippen LogP contribution in [0.2, 0.25) is 5.02 Å². The predicted octanol–water partition coefficient (Wildman–Crippen LogP) is 4.77. The summed E-state index contributed by atoms with van der Waals surface area (Å²) in [7, 11) is 3.16. The molecular weight excluding hydrogens is 468 g/mol. The largest absolute Gasteiger partial charge is 0.493 e. The molecule has 0 aliphatic rings. The third-order valence-electron chi connectivity index (χ3n) is 3.13. The summed E-state index contributed by atoms with van der Waals surface area (Å²) in [6.45, 7) is 0. The highest BCUT2D eigenvalue weighted by Gasteiger charge is 2.19. The molecule has 0 saturated carbocycles. The Balaban J connectivity index is 2.52. The normalized spacial score (nSPS) is 12.1.